The van der Waals surface area contributed by atoms with Crippen molar-refractivity contribution >= 4 is 35.0 Å². The van der Waals surface area contributed by atoms with Crippen molar-refractivity contribution in [2.24, 2.45) is 5.92 Å². The lowest BCUT2D eigenvalue weighted by molar-refractivity contribution is 0.497. The summed E-state index contributed by atoms with van der Waals surface area (Å²) in [6.07, 6.45) is 1.23. The molecular formula is C12H13FN2S2. The monoisotopic (exact) mass is 268 g/mol. The second-order valence-corrected chi connectivity index (χ2v) is 5.94. The third-order valence-corrected chi connectivity index (χ3v) is 4.78. The molecule has 1 aromatic carbocycles. The van der Waals surface area contributed by atoms with Gasteiger partial charge in [-0.25, -0.2) is 4.39 Å². The van der Waals surface area contributed by atoms with Gasteiger partial charge in [-0.2, -0.15) is 11.8 Å². The molecule has 1 N–H and O–H groups in total. The van der Waals surface area contributed by atoms with Gasteiger partial charge in [-0.1, -0.05) is 6.07 Å². The number of benzene rings is 1. The number of H-pyrrole nitrogens is 1. The molecule has 2 heterocycles. The summed E-state index contributed by atoms with van der Waals surface area (Å²) in [6.45, 7) is 0.898. The van der Waals surface area contributed by atoms with Crippen molar-refractivity contribution in [1.29, 1.82) is 0 Å². The van der Waals surface area contributed by atoms with Crippen LogP contribution in [0.25, 0.3) is 11.0 Å². The smallest absolute Gasteiger partial charge is 0.178 e. The summed E-state index contributed by atoms with van der Waals surface area (Å²) in [5.41, 5.74) is 1.41. The van der Waals surface area contributed by atoms with E-state index in [2.05, 4.69) is 4.98 Å². The molecule has 1 saturated heterocycles. The minimum Gasteiger partial charge on any atom is -0.328 e. The lowest BCUT2D eigenvalue weighted by Crippen LogP contribution is -2.09. The summed E-state index contributed by atoms with van der Waals surface area (Å²) < 4.78 is 16.3. The molecular weight excluding hydrogens is 255 g/mol. The van der Waals surface area contributed by atoms with E-state index in [9.17, 15) is 4.39 Å². The Morgan fingerprint density at radius 1 is 1.53 bits per heavy atom. The fraction of sp³-hybridized carbons (Fsp3) is 0.417. The fourth-order valence-corrected chi connectivity index (χ4v) is 3.86. The number of nitrogens with zero attached hydrogens (tertiary/aromatic N) is 1. The maximum atomic E-state index is 13.6. The van der Waals surface area contributed by atoms with E-state index in [-0.39, 0.29) is 5.82 Å². The normalized spacial score (nSPS) is 20.2. The van der Waals surface area contributed by atoms with Crippen LogP contribution in [0.4, 0.5) is 4.39 Å². The Balaban J connectivity index is 2.06. The third-order valence-electron chi connectivity index (χ3n) is 3.22. The van der Waals surface area contributed by atoms with Crippen molar-refractivity contribution in [3.05, 3.63) is 28.8 Å². The first-order valence-electron chi connectivity index (χ1n) is 5.70. The van der Waals surface area contributed by atoms with E-state index in [1.165, 1.54) is 24.0 Å². The summed E-state index contributed by atoms with van der Waals surface area (Å²) in [7, 11) is 0. The van der Waals surface area contributed by atoms with Gasteiger partial charge in [0.2, 0.25) is 0 Å². The van der Waals surface area contributed by atoms with Crippen molar-refractivity contribution in [3.8, 4) is 0 Å². The average Bonchev–Trinajstić information content (AvgIpc) is 2.91. The summed E-state index contributed by atoms with van der Waals surface area (Å²) >= 11 is 7.27. The van der Waals surface area contributed by atoms with Crippen molar-refractivity contribution < 1.29 is 4.39 Å². The molecule has 0 bridgehead atoms. The van der Waals surface area contributed by atoms with Gasteiger partial charge in [0.15, 0.2) is 4.77 Å². The van der Waals surface area contributed by atoms with Crippen LogP contribution in [0.3, 0.4) is 0 Å². The Hall–Kier alpha value is -0.810. The molecule has 0 spiro atoms. The highest BCUT2D eigenvalue weighted by molar-refractivity contribution is 7.99. The highest BCUT2D eigenvalue weighted by atomic mass is 32.2. The highest BCUT2D eigenvalue weighted by Crippen LogP contribution is 2.27. The van der Waals surface area contributed by atoms with Crippen LogP contribution in [0.1, 0.15) is 6.42 Å². The molecule has 1 unspecified atom stereocenters. The van der Waals surface area contributed by atoms with Gasteiger partial charge in [0.25, 0.3) is 0 Å². The Bertz CT molecular complexity index is 596. The number of hydrogen-bond acceptors (Lipinski definition) is 2. The number of para-hydroxylation sites is 1. The largest absolute Gasteiger partial charge is 0.328 e. The van der Waals surface area contributed by atoms with Gasteiger partial charge in [0.05, 0.1) is 5.52 Å². The Labute approximate surface area is 108 Å². The molecule has 2 aromatic rings. The zero-order chi connectivity index (χ0) is 11.8. The maximum Gasteiger partial charge on any atom is 0.178 e. The molecule has 1 aromatic heterocycles. The number of aromatic amines is 1. The minimum atomic E-state index is -0.229. The summed E-state index contributed by atoms with van der Waals surface area (Å²) in [5, 5.41) is 0. The zero-order valence-corrected chi connectivity index (χ0v) is 10.9. The molecule has 2 nitrogen and oxygen atoms in total. The fourth-order valence-electron chi connectivity index (χ4n) is 2.31. The number of aromatic nitrogens is 2. The third kappa shape index (κ3) is 2.02. The topological polar surface area (TPSA) is 20.7 Å². The van der Waals surface area contributed by atoms with E-state index < -0.39 is 0 Å². The van der Waals surface area contributed by atoms with Crippen LogP contribution in [0, 0.1) is 16.5 Å². The number of thioether (sulfide) groups is 1. The van der Waals surface area contributed by atoms with Gasteiger partial charge < -0.3 is 9.55 Å². The Morgan fingerprint density at radius 2 is 2.41 bits per heavy atom. The van der Waals surface area contributed by atoms with Gasteiger partial charge >= 0.3 is 0 Å². The van der Waals surface area contributed by atoms with E-state index in [4.69, 9.17) is 12.2 Å². The van der Waals surface area contributed by atoms with E-state index >= 15 is 0 Å². The summed E-state index contributed by atoms with van der Waals surface area (Å²) in [6, 6.07) is 5.12. The van der Waals surface area contributed by atoms with Gasteiger partial charge in [0.1, 0.15) is 11.3 Å². The number of rotatable bonds is 2. The molecule has 1 fully saturated rings. The van der Waals surface area contributed by atoms with E-state index in [1.807, 2.05) is 22.4 Å². The molecule has 0 radical (unpaired) electrons. The van der Waals surface area contributed by atoms with E-state index in [1.54, 1.807) is 6.07 Å². The van der Waals surface area contributed by atoms with Gasteiger partial charge in [-0.3, -0.25) is 0 Å². The molecule has 1 atom stereocenters. The Morgan fingerprint density at radius 3 is 3.18 bits per heavy atom. The number of imidazole rings is 1. The van der Waals surface area contributed by atoms with Crippen LogP contribution in [-0.4, -0.2) is 21.1 Å². The molecule has 0 amide bonds. The second kappa shape index (κ2) is 4.46. The highest BCUT2D eigenvalue weighted by Gasteiger charge is 2.18. The van der Waals surface area contributed by atoms with Crippen molar-refractivity contribution in [1.82, 2.24) is 9.55 Å². The average molecular weight is 268 g/mol. The zero-order valence-electron chi connectivity index (χ0n) is 9.28. The molecule has 90 valence electrons. The lowest BCUT2D eigenvalue weighted by Gasteiger charge is -2.10. The number of fused-ring (bicyclic) bond motifs is 1. The van der Waals surface area contributed by atoms with Crippen molar-refractivity contribution in [2.75, 3.05) is 11.5 Å². The van der Waals surface area contributed by atoms with Crippen LogP contribution in [0.15, 0.2) is 18.2 Å². The number of nitrogens with one attached hydrogen (secondary N) is 1. The summed E-state index contributed by atoms with van der Waals surface area (Å²) in [4.78, 5) is 2.97. The lowest BCUT2D eigenvalue weighted by atomic mass is 10.1. The van der Waals surface area contributed by atoms with Crippen LogP contribution >= 0.6 is 24.0 Å². The van der Waals surface area contributed by atoms with Gasteiger partial charge in [-0.15, -0.1) is 0 Å². The molecule has 3 rings (SSSR count). The Kier molecular flexibility index (Phi) is 2.96. The molecule has 17 heavy (non-hydrogen) atoms. The predicted octanol–water partition coefficient (Wildman–Crippen LogP) is 3.59. The minimum absolute atomic E-state index is 0.229. The first-order valence-corrected chi connectivity index (χ1v) is 7.27. The standard InChI is InChI=1S/C12H13FN2S2/c13-9-2-1-3-10-11(9)14-12(16)15(10)6-8-4-5-17-7-8/h1-3,8H,4-7H2,(H,14,16). The van der Waals surface area contributed by atoms with Crippen LogP contribution in [-0.2, 0) is 6.54 Å². The number of halogens is 1. The first kappa shape index (κ1) is 11.3. The first-order chi connectivity index (χ1) is 8.25. The predicted molar refractivity (Wildman–Crippen MR) is 72.5 cm³/mol. The van der Waals surface area contributed by atoms with E-state index in [0.717, 1.165) is 12.1 Å². The quantitative estimate of drug-likeness (QED) is 0.840. The van der Waals surface area contributed by atoms with Gasteiger partial charge in [-0.05, 0) is 48.2 Å². The molecule has 1 aliphatic heterocycles. The van der Waals surface area contributed by atoms with Crippen molar-refractivity contribution in [3.63, 3.8) is 0 Å². The molecule has 1 aliphatic rings. The molecule has 0 saturated carbocycles. The second-order valence-electron chi connectivity index (χ2n) is 4.40. The molecule has 0 aliphatic carbocycles. The molecule has 5 heteroatoms. The number of hydrogen-bond donors (Lipinski definition) is 1. The van der Waals surface area contributed by atoms with Crippen LogP contribution in [0.5, 0.6) is 0 Å². The summed E-state index contributed by atoms with van der Waals surface area (Å²) in [5.74, 6) is 2.85. The van der Waals surface area contributed by atoms with Crippen molar-refractivity contribution in [2.45, 2.75) is 13.0 Å². The van der Waals surface area contributed by atoms with E-state index in [0.29, 0.717) is 16.2 Å². The SMILES string of the molecule is Fc1cccc2c1[nH]c(=S)n2CC1CCSC1. The van der Waals surface area contributed by atoms with Gasteiger partial charge in [0, 0.05) is 6.54 Å². The van der Waals surface area contributed by atoms with Crippen LogP contribution < -0.4 is 0 Å². The maximum absolute atomic E-state index is 13.6. The van der Waals surface area contributed by atoms with Crippen LogP contribution in [0.2, 0.25) is 0 Å².